The molecule has 1 aliphatic rings. The number of thiophene rings is 1. The molecule has 0 fully saturated rings. The predicted molar refractivity (Wildman–Crippen MR) is 78.6 cm³/mol. The third-order valence-corrected chi connectivity index (χ3v) is 4.43. The van der Waals surface area contributed by atoms with Gasteiger partial charge in [0.25, 0.3) is 0 Å². The molecule has 1 N–H and O–H groups in total. The maximum atomic E-state index is 12.1. The number of nitrogens with one attached hydrogen (secondary N) is 1. The highest BCUT2D eigenvalue weighted by molar-refractivity contribution is 7.10. The molecule has 1 atom stereocenters. The molecule has 0 bridgehead atoms. The number of aryl methyl sites for hydroxylation is 2. The molecule has 0 spiro atoms. The molecule has 4 nitrogen and oxygen atoms in total. The van der Waals surface area contributed by atoms with Crippen LogP contribution in [0.5, 0.6) is 0 Å². The summed E-state index contributed by atoms with van der Waals surface area (Å²) in [6, 6.07) is 4.03. The summed E-state index contributed by atoms with van der Waals surface area (Å²) in [4.78, 5) is 22.0. The molecule has 20 heavy (non-hydrogen) atoms. The Balaban J connectivity index is 1.71. The van der Waals surface area contributed by atoms with E-state index in [-0.39, 0.29) is 11.9 Å². The van der Waals surface area contributed by atoms with Crippen molar-refractivity contribution in [3.05, 3.63) is 45.7 Å². The van der Waals surface area contributed by atoms with Gasteiger partial charge in [0.2, 0.25) is 5.91 Å². The monoisotopic (exact) mass is 287 g/mol. The van der Waals surface area contributed by atoms with Crippen molar-refractivity contribution in [1.82, 2.24) is 15.3 Å². The summed E-state index contributed by atoms with van der Waals surface area (Å²) >= 11 is 1.62. The Morgan fingerprint density at radius 3 is 3.25 bits per heavy atom. The maximum Gasteiger partial charge on any atom is 0.225 e. The van der Waals surface area contributed by atoms with Gasteiger partial charge in [-0.2, -0.15) is 0 Å². The minimum atomic E-state index is 0.0619. The zero-order chi connectivity index (χ0) is 13.9. The first kappa shape index (κ1) is 13.2. The summed E-state index contributed by atoms with van der Waals surface area (Å²) in [5.74, 6) is 0.875. The Kier molecular flexibility index (Phi) is 3.78. The number of hydrogen-bond acceptors (Lipinski definition) is 4. The lowest BCUT2D eigenvalue weighted by Gasteiger charge is -2.25. The lowest BCUT2D eigenvalue weighted by Crippen LogP contribution is -2.32. The van der Waals surface area contributed by atoms with Gasteiger partial charge in [-0.1, -0.05) is 6.07 Å². The van der Waals surface area contributed by atoms with Gasteiger partial charge in [0.15, 0.2) is 0 Å². The van der Waals surface area contributed by atoms with Gasteiger partial charge < -0.3 is 5.32 Å². The Hall–Kier alpha value is -1.75. The highest BCUT2D eigenvalue weighted by Crippen LogP contribution is 2.28. The van der Waals surface area contributed by atoms with Gasteiger partial charge in [0.05, 0.1) is 12.5 Å². The van der Waals surface area contributed by atoms with Crippen molar-refractivity contribution in [1.29, 1.82) is 0 Å². The Morgan fingerprint density at radius 1 is 1.55 bits per heavy atom. The van der Waals surface area contributed by atoms with E-state index in [1.54, 1.807) is 11.3 Å². The molecular weight excluding hydrogens is 270 g/mol. The number of nitrogens with zero attached hydrogens (tertiary/aromatic N) is 2. The lowest BCUT2D eigenvalue weighted by atomic mass is 9.92. The van der Waals surface area contributed by atoms with Crippen molar-refractivity contribution < 1.29 is 4.79 Å². The van der Waals surface area contributed by atoms with E-state index in [1.165, 1.54) is 0 Å². The minimum absolute atomic E-state index is 0.0619. The predicted octanol–water partition coefficient (Wildman–Crippen LogP) is 2.58. The number of hydrogen-bond donors (Lipinski definition) is 1. The van der Waals surface area contributed by atoms with Crippen molar-refractivity contribution >= 4 is 17.2 Å². The van der Waals surface area contributed by atoms with Crippen molar-refractivity contribution in [3.8, 4) is 0 Å². The number of carbonyl (C=O) groups excluding carboxylic acids is 1. The topological polar surface area (TPSA) is 54.9 Å². The first-order valence-corrected chi connectivity index (χ1v) is 7.74. The van der Waals surface area contributed by atoms with Crippen molar-refractivity contribution in [2.24, 2.45) is 0 Å². The molecular formula is C15H17N3OS. The molecule has 2 aromatic heterocycles. The highest BCUT2D eigenvalue weighted by Gasteiger charge is 2.23. The Labute approximate surface area is 122 Å². The smallest absolute Gasteiger partial charge is 0.225 e. The minimum Gasteiger partial charge on any atom is -0.349 e. The number of amides is 1. The first-order chi connectivity index (χ1) is 9.72. The molecule has 0 saturated heterocycles. The van der Waals surface area contributed by atoms with E-state index in [0.29, 0.717) is 6.42 Å². The second kappa shape index (κ2) is 5.71. The van der Waals surface area contributed by atoms with Gasteiger partial charge in [0.1, 0.15) is 5.82 Å². The van der Waals surface area contributed by atoms with Crippen LogP contribution in [0.4, 0.5) is 0 Å². The van der Waals surface area contributed by atoms with Gasteiger partial charge in [-0.05, 0) is 37.6 Å². The molecule has 0 aliphatic heterocycles. The van der Waals surface area contributed by atoms with Crippen molar-refractivity contribution in [2.45, 2.75) is 38.6 Å². The van der Waals surface area contributed by atoms with Gasteiger partial charge in [0, 0.05) is 22.3 Å². The second-order valence-electron chi connectivity index (χ2n) is 5.09. The summed E-state index contributed by atoms with van der Waals surface area (Å²) in [7, 11) is 0. The normalized spacial score (nSPS) is 17.6. The summed E-state index contributed by atoms with van der Waals surface area (Å²) in [6.07, 6.45) is 5.34. The first-order valence-electron chi connectivity index (χ1n) is 6.86. The van der Waals surface area contributed by atoms with Crippen LogP contribution in [-0.2, 0) is 17.6 Å². The fraction of sp³-hybridized carbons (Fsp3) is 0.400. The number of rotatable bonds is 3. The van der Waals surface area contributed by atoms with Gasteiger partial charge in [-0.3, -0.25) is 4.79 Å². The largest absolute Gasteiger partial charge is 0.349 e. The summed E-state index contributed by atoms with van der Waals surface area (Å²) < 4.78 is 0. The van der Waals surface area contributed by atoms with Gasteiger partial charge >= 0.3 is 0 Å². The average molecular weight is 287 g/mol. The van der Waals surface area contributed by atoms with Crippen LogP contribution >= 0.6 is 11.3 Å². The van der Waals surface area contributed by atoms with Crippen LogP contribution in [0.25, 0.3) is 0 Å². The zero-order valence-electron chi connectivity index (χ0n) is 11.4. The molecule has 104 valence electrons. The van der Waals surface area contributed by atoms with Crippen LogP contribution in [-0.4, -0.2) is 15.9 Å². The molecule has 0 radical (unpaired) electrons. The molecule has 0 aromatic carbocycles. The Morgan fingerprint density at radius 2 is 2.45 bits per heavy atom. The van der Waals surface area contributed by atoms with Crippen LogP contribution in [0.3, 0.4) is 0 Å². The molecule has 3 rings (SSSR count). The van der Waals surface area contributed by atoms with Crippen molar-refractivity contribution in [2.75, 3.05) is 0 Å². The number of carbonyl (C=O) groups is 1. The SMILES string of the molecule is Cc1ncc2c(n1)CCC[C@H]2NC(=O)Cc1cccs1. The molecule has 0 saturated carbocycles. The standard InChI is InChI=1S/C15H17N3OS/c1-10-16-9-12-13(17-10)5-2-6-14(12)18-15(19)8-11-4-3-7-20-11/h3-4,7,9,14H,2,5-6,8H2,1H3,(H,18,19)/t14-/m1/s1. The third-order valence-electron chi connectivity index (χ3n) is 3.55. The molecule has 5 heteroatoms. The number of aromatic nitrogens is 2. The molecule has 1 aliphatic carbocycles. The van der Waals surface area contributed by atoms with E-state index < -0.39 is 0 Å². The van der Waals surface area contributed by atoms with E-state index in [4.69, 9.17) is 0 Å². The summed E-state index contributed by atoms with van der Waals surface area (Å²) in [6.45, 7) is 1.90. The van der Waals surface area contributed by atoms with Crippen LogP contribution in [0.2, 0.25) is 0 Å². The molecule has 1 amide bonds. The maximum absolute atomic E-state index is 12.1. The molecule has 2 heterocycles. The average Bonchev–Trinajstić information content (AvgIpc) is 2.91. The van der Waals surface area contributed by atoms with Crippen LogP contribution < -0.4 is 5.32 Å². The van der Waals surface area contributed by atoms with Crippen molar-refractivity contribution in [3.63, 3.8) is 0 Å². The van der Waals surface area contributed by atoms with Gasteiger partial charge in [-0.25, -0.2) is 9.97 Å². The van der Waals surface area contributed by atoms with E-state index in [0.717, 1.165) is 41.2 Å². The number of fused-ring (bicyclic) bond motifs is 1. The third kappa shape index (κ3) is 2.88. The fourth-order valence-corrected chi connectivity index (χ4v) is 3.32. The second-order valence-corrected chi connectivity index (χ2v) is 6.12. The van der Waals surface area contributed by atoms with Crippen LogP contribution in [0.1, 0.15) is 40.8 Å². The quantitative estimate of drug-likeness (QED) is 0.944. The lowest BCUT2D eigenvalue weighted by molar-refractivity contribution is -0.121. The Bertz CT molecular complexity index is 610. The zero-order valence-corrected chi connectivity index (χ0v) is 12.2. The van der Waals surface area contributed by atoms with E-state index in [2.05, 4.69) is 15.3 Å². The van der Waals surface area contributed by atoms with Crippen LogP contribution in [0.15, 0.2) is 23.7 Å². The van der Waals surface area contributed by atoms with Crippen LogP contribution in [0, 0.1) is 6.92 Å². The molecule has 0 unspecified atom stereocenters. The van der Waals surface area contributed by atoms with E-state index >= 15 is 0 Å². The van der Waals surface area contributed by atoms with E-state index in [9.17, 15) is 4.79 Å². The summed E-state index contributed by atoms with van der Waals surface area (Å²) in [5.41, 5.74) is 2.17. The molecule has 2 aromatic rings. The fourth-order valence-electron chi connectivity index (χ4n) is 2.61. The summed E-state index contributed by atoms with van der Waals surface area (Å²) in [5, 5.41) is 5.12. The van der Waals surface area contributed by atoms with Gasteiger partial charge in [-0.15, -0.1) is 11.3 Å². The van der Waals surface area contributed by atoms with E-state index in [1.807, 2.05) is 30.6 Å². The highest BCUT2D eigenvalue weighted by atomic mass is 32.1.